The molecule has 74 valence electrons. The highest BCUT2D eigenvalue weighted by Gasteiger charge is 2.16. The van der Waals surface area contributed by atoms with Crippen molar-refractivity contribution < 1.29 is 4.42 Å². The van der Waals surface area contributed by atoms with Crippen molar-refractivity contribution in [1.82, 2.24) is 14.8 Å². The summed E-state index contributed by atoms with van der Waals surface area (Å²) in [6, 6.07) is 0. The van der Waals surface area contributed by atoms with Gasteiger partial charge in [0.25, 0.3) is 0 Å². The van der Waals surface area contributed by atoms with Crippen LogP contribution in [0.25, 0.3) is 11.6 Å². The average molecular weight is 192 g/mol. The van der Waals surface area contributed by atoms with Gasteiger partial charge in [-0.25, -0.2) is 4.98 Å². The van der Waals surface area contributed by atoms with Gasteiger partial charge in [-0.1, -0.05) is 0 Å². The summed E-state index contributed by atoms with van der Waals surface area (Å²) in [6.45, 7) is 3.72. The van der Waals surface area contributed by atoms with Crippen LogP contribution in [0.5, 0.6) is 0 Å². The summed E-state index contributed by atoms with van der Waals surface area (Å²) >= 11 is 0. The van der Waals surface area contributed by atoms with E-state index in [-0.39, 0.29) is 0 Å². The second-order valence-corrected chi connectivity index (χ2v) is 3.27. The molecule has 0 aliphatic carbocycles. The van der Waals surface area contributed by atoms with Gasteiger partial charge in [-0.3, -0.25) is 4.68 Å². The summed E-state index contributed by atoms with van der Waals surface area (Å²) in [5.41, 5.74) is 8.84. The number of hydrogen-bond acceptors (Lipinski definition) is 4. The van der Waals surface area contributed by atoms with E-state index in [9.17, 15) is 0 Å². The number of aryl methyl sites for hydroxylation is 3. The Morgan fingerprint density at radius 1 is 1.43 bits per heavy atom. The number of rotatable bonds is 1. The van der Waals surface area contributed by atoms with E-state index < -0.39 is 0 Å². The third kappa shape index (κ3) is 1.17. The van der Waals surface area contributed by atoms with Crippen molar-refractivity contribution in [1.29, 1.82) is 0 Å². The lowest BCUT2D eigenvalue weighted by Crippen LogP contribution is -1.95. The summed E-state index contributed by atoms with van der Waals surface area (Å²) in [4.78, 5) is 4.21. The molecular formula is C9H12N4O. The minimum absolute atomic E-state index is 0.517. The standard InChI is InChI=1S/C9H12N4O/c1-5-4-14-9(11-5)8-7(10)6(2)12-13(8)3/h4H,10H2,1-3H3. The Morgan fingerprint density at radius 2 is 2.14 bits per heavy atom. The minimum Gasteiger partial charge on any atom is -0.443 e. The molecule has 14 heavy (non-hydrogen) atoms. The smallest absolute Gasteiger partial charge is 0.247 e. The molecule has 0 aromatic carbocycles. The zero-order valence-electron chi connectivity index (χ0n) is 8.40. The van der Waals surface area contributed by atoms with Gasteiger partial charge in [-0.2, -0.15) is 5.10 Å². The Labute approximate surface area is 81.5 Å². The fraction of sp³-hybridized carbons (Fsp3) is 0.333. The topological polar surface area (TPSA) is 69.9 Å². The van der Waals surface area contributed by atoms with E-state index in [0.29, 0.717) is 11.6 Å². The van der Waals surface area contributed by atoms with E-state index in [1.807, 2.05) is 20.9 Å². The number of nitrogens with two attached hydrogens (primary N) is 1. The first-order valence-corrected chi connectivity index (χ1v) is 4.31. The van der Waals surface area contributed by atoms with Gasteiger partial charge in [-0.15, -0.1) is 0 Å². The van der Waals surface area contributed by atoms with Crippen molar-refractivity contribution in [3.05, 3.63) is 17.7 Å². The number of anilines is 1. The van der Waals surface area contributed by atoms with Gasteiger partial charge >= 0.3 is 0 Å². The van der Waals surface area contributed by atoms with Crippen LogP contribution in [0.1, 0.15) is 11.4 Å². The summed E-state index contributed by atoms with van der Waals surface area (Å²) < 4.78 is 6.95. The van der Waals surface area contributed by atoms with E-state index in [1.54, 1.807) is 10.9 Å². The highest BCUT2D eigenvalue weighted by atomic mass is 16.3. The molecule has 0 saturated heterocycles. The number of hydrogen-bond donors (Lipinski definition) is 1. The molecular weight excluding hydrogens is 180 g/mol. The monoisotopic (exact) mass is 192 g/mol. The molecule has 0 fully saturated rings. The molecule has 5 nitrogen and oxygen atoms in total. The largest absolute Gasteiger partial charge is 0.443 e. The van der Waals surface area contributed by atoms with Crippen LogP contribution in [0.4, 0.5) is 5.69 Å². The van der Waals surface area contributed by atoms with E-state index >= 15 is 0 Å². The predicted molar refractivity (Wildman–Crippen MR) is 52.6 cm³/mol. The van der Waals surface area contributed by atoms with Gasteiger partial charge in [-0.05, 0) is 13.8 Å². The molecule has 0 aliphatic rings. The fourth-order valence-corrected chi connectivity index (χ4v) is 1.39. The van der Waals surface area contributed by atoms with Gasteiger partial charge in [0, 0.05) is 7.05 Å². The van der Waals surface area contributed by atoms with E-state index in [4.69, 9.17) is 10.2 Å². The number of aromatic nitrogens is 3. The van der Waals surface area contributed by atoms with Gasteiger partial charge in [0.2, 0.25) is 5.89 Å². The minimum atomic E-state index is 0.517. The quantitative estimate of drug-likeness (QED) is 0.738. The average Bonchev–Trinajstić information content (AvgIpc) is 2.60. The Balaban J connectivity index is 2.61. The van der Waals surface area contributed by atoms with Crippen LogP contribution in [-0.4, -0.2) is 14.8 Å². The fourth-order valence-electron chi connectivity index (χ4n) is 1.39. The van der Waals surface area contributed by atoms with Crippen LogP contribution in [0, 0.1) is 13.8 Å². The van der Waals surface area contributed by atoms with Crippen LogP contribution in [0.3, 0.4) is 0 Å². The maximum Gasteiger partial charge on any atom is 0.247 e. The molecule has 0 unspecified atom stereocenters. The van der Waals surface area contributed by atoms with E-state index in [1.165, 1.54) is 0 Å². The highest BCUT2D eigenvalue weighted by molar-refractivity contribution is 5.68. The Hall–Kier alpha value is -1.78. The van der Waals surface area contributed by atoms with E-state index in [2.05, 4.69) is 10.1 Å². The Morgan fingerprint density at radius 3 is 2.57 bits per heavy atom. The third-order valence-corrected chi connectivity index (χ3v) is 2.09. The molecule has 0 spiro atoms. The molecule has 0 aliphatic heterocycles. The van der Waals surface area contributed by atoms with Gasteiger partial charge in [0.1, 0.15) is 12.0 Å². The van der Waals surface area contributed by atoms with Crippen molar-refractivity contribution in [2.24, 2.45) is 7.05 Å². The van der Waals surface area contributed by atoms with E-state index in [0.717, 1.165) is 17.1 Å². The summed E-state index contributed by atoms with van der Waals surface area (Å²) in [5.74, 6) is 0.517. The van der Waals surface area contributed by atoms with Crippen LogP contribution >= 0.6 is 0 Å². The van der Waals surface area contributed by atoms with Gasteiger partial charge in [0.05, 0.1) is 17.1 Å². The van der Waals surface area contributed by atoms with Gasteiger partial charge < -0.3 is 10.2 Å². The molecule has 0 amide bonds. The maximum absolute atomic E-state index is 5.86. The number of nitrogen functional groups attached to an aromatic ring is 1. The predicted octanol–water partition coefficient (Wildman–Crippen LogP) is 1.27. The normalized spacial score (nSPS) is 10.8. The third-order valence-electron chi connectivity index (χ3n) is 2.09. The highest BCUT2D eigenvalue weighted by Crippen LogP contribution is 2.26. The molecule has 2 aromatic rings. The lowest BCUT2D eigenvalue weighted by Gasteiger charge is -1.96. The van der Waals surface area contributed by atoms with Crippen LogP contribution in [0.15, 0.2) is 10.7 Å². The van der Waals surface area contributed by atoms with Crippen molar-refractivity contribution in [3.63, 3.8) is 0 Å². The molecule has 2 heterocycles. The van der Waals surface area contributed by atoms with Crippen LogP contribution < -0.4 is 5.73 Å². The molecule has 0 bridgehead atoms. The second-order valence-electron chi connectivity index (χ2n) is 3.27. The second kappa shape index (κ2) is 2.87. The number of nitrogens with zero attached hydrogens (tertiary/aromatic N) is 3. The summed E-state index contributed by atoms with van der Waals surface area (Å²) in [5, 5.41) is 4.19. The molecule has 0 saturated carbocycles. The first-order chi connectivity index (χ1) is 6.59. The van der Waals surface area contributed by atoms with Crippen molar-refractivity contribution >= 4 is 5.69 Å². The SMILES string of the molecule is Cc1coc(-c2c(N)c(C)nn2C)n1. The van der Waals surface area contributed by atoms with Crippen LogP contribution in [-0.2, 0) is 7.05 Å². The van der Waals surface area contributed by atoms with Crippen molar-refractivity contribution in [2.75, 3.05) is 5.73 Å². The summed E-state index contributed by atoms with van der Waals surface area (Å²) in [7, 11) is 1.82. The summed E-state index contributed by atoms with van der Waals surface area (Å²) in [6.07, 6.45) is 1.59. The van der Waals surface area contributed by atoms with Gasteiger partial charge in [0.15, 0.2) is 0 Å². The maximum atomic E-state index is 5.86. The molecule has 5 heteroatoms. The Bertz CT molecular complexity index is 469. The number of oxazole rings is 1. The molecule has 2 rings (SSSR count). The Kier molecular flexibility index (Phi) is 1.80. The van der Waals surface area contributed by atoms with Crippen molar-refractivity contribution in [2.45, 2.75) is 13.8 Å². The van der Waals surface area contributed by atoms with Crippen molar-refractivity contribution in [3.8, 4) is 11.6 Å². The lowest BCUT2D eigenvalue weighted by molar-refractivity contribution is 0.564. The molecule has 2 N–H and O–H groups in total. The zero-order valence-corrected chi connectivity index (χ0v) is 8.40. The molecule has 2 aromatic heterocycles. The molecule has 0 radical (unpaired) electrons. The first kappa shape index (κ1) is 8.80. The first-order valence-electron chi connectivity index (χ1n) is 4.31. The molecule has 0 atom stereocenters. The zero-order chi connectivity index (χ0) is 10.3. The lowest BCUT2D eigenvalue weighted by atomic mass is 10.3. The van der Waals surface area contributed by atoms with Crippen LogP contribution in [0.2, 0.25) is 0 Å².